The van der Waals surface area contributed by atoms with Gasteiger partial charge in [-0.05, 0) is 54.1 Å². The zero-order valence-electron chi connectivity index (χ0n) is 12.4. The van der Waals surface area contributed by atoms with Crippen molar-refractivity contribution < 1.29 is 23.6 Å². The maximum absolute atomic E-state index is 14.0. The summed E-state index contributed by atoms with van der Waals surface area (Å²) in [6.45, 7) is 0. The predicted molar refractivity (Wildman–Crippen MR) is 85.1 cm³/mol. The van der Waals surface area contributed by atoms with Gasteiger partial charge in [-0.3, -0.25) is 14.8 Å². The van der Waals surface area contributed by atoms with Crippen LogP contribution in [0.25, 0.3) is 12.2 Å². The van der Waals surface area contributed by atoms with Crippen LogP contribution in [0, 0.1) is 11.6 Å². The third-order valence-electron chi connectivity index (χ3n) is 3.10. The Morgan fingerprint density at radius 1 is 0.958 bits per heavy atom. The molecule has 0 unspecified atom stereocenters. The van der Waals surface area contributed by atoms with Gasteiger partial charge < -0.3 is 0 Å². The zero-order chi connectivity index (χ0) is 17.5. The van der Waals surface area contributed by atoms with Crippen LogP contribution in [0.4, 0.5) is 8.78 Å². The molecule has 0 aliphatic heterocycles. The number of hydrogen-bond acceptors (Lipinski definition) is 3. The van der Waals surface area contributed by atoms with Crippen molar-refractivity contribution in [2.75, 3.05) is 0 Å². The number of hydrogen-bond donors (Lipinski definition) is 2. The highest BCUT2D eigenvalue weighted by atomic mass is 19.1. The van der Waals surface area contributed by atoms with Crippen molar-refractivity contribution in [1.29, 1.82) is 0 Å². The Hall–Kier alpha value is -3.12. The van der Waals surface area contributed by atoms with Crippen LogP contribution >= 0.6 is 0 Å². The molecule has 0 heterocycles. The molecule has 2 rings (SSSR count). The summed E-state index contributed by atoms with van der Waals surface area (Å²) in [6.07, 6.45) is 4.88. The van der Waals surface area contributed by atoms with E-state index in [2.05, 4.69) is 0 Å². The van der Waals surface area contributed by atoms with Gasteiger partial charge in [-0.25, -0.2) is 14.3 Å². The molecule has 0 spiro atoms. The summed E-state index contributed by atoms with van der Waals surface area (Å²) in [5.74, 6) is -2.13. The Bertz CT molecular complexity index is 812. The van der Waals surface area contributed by atoms with E-state index in [4.69, 9.17) is 5.21 Å². The second-order valence-electron chi connectivity index (χ2n) is 4.79. The fraction of sp³-hybridized carbons (Fsp3) is 0. The predicted octanol–water partition coefficient (Wildman–Crippen LogP) is 3.38. The van der Waals surface area contributed by atoms with Crippen molar-refractivity contribution in [1.82, 2.24) is 5.48 Å². The summed E-state index contributed by atoms with van der Waals surface area (Å²) in [5, 5.41) is 8.36. The van der Waals surface area contributed by atoms with Crippen LogP contribution in [0.1, 0.15) is 21.5 Å². The van der Waals surface area contributed by atoms with Gasteiger partial charge in [-0.1, -0.05) is 12.1 Å². The normalized spacial score (nSPS) is 11.1. The molecule has 2 aromatic rings. The molecule has 0 bridgehead atoms. The first-order valence-electron chi connectivity index (χ1n) is 6.89. The largest absolute Gasteiger partial charge is 0.289 e. The third-order valence-corrected chi connectivity index (χ3v) is 3.10. The molecule has 0 radical (unpaired) electrons. The van der Waals surface area contributed by atoms with Crippen LogP contribution < -0.4 is 5.48 Å². The smallest absolute Gasteiger partial charge is 0.267 e. The van der Waals surface area contributed by atoms with Crippen LogP contribution in [-0.4, -0.2) is 16.9 Å². The van der Waals surface area contributed by atoms with E-state index in [1.807, 2.05) is 0 Å². The maximum atomic E-state index is 14.0. The van der Waals surface area contributed by atoms with Gasteiger partial charge in [0.05, 0.1) is 0 Å². The van der Waals surface area contributed by atoms with Gasteiger partial charge in [-0.15, -0.1) is 0 Å². The zero-order valence-corrected chi connectivity index (χ0v) is 12.4. The Balaban J connectivity index is 2.12. The van der Waals surface area contributed by atoms with Gasteiger partial charge in [0.1, 0.15) is 11.6 Å². The third kappa shape index (κ3) is 4.69. The highest BCUT2D eigenvalue weighted by Crippen LogP contribution is 2.14. The van der Waals surface area contributed by atoms with Crippen LogP contribution in [0.3, 0.4) is 0 Å². The summed E-state index contributed by atoms with van der Waals surface area (Å²) >= 11 is 0. The van der Waals surface area contributed by atoms with E-state index in [9.17, 15) is 18.4 Å². The molecule has 0 aliphatic carbocycles. The average Bonchev–Trinajstić information content (AvgIpc) is 2.59. The van der Waals surface area contributed by atoms with Gasteiger partial charge in [-0.2, -0.15) is 0 Å². The molecule has 6 heteroatoms. The van der Waals surface area contributed by atoms with E-state index in [0.717, 1.165) is 6.08 Å². The lowest BCUT2D eigenvalue weighted by atomic mass is 10.1. The standard InChI is InChI=1S/C18H13F2NO3/c19-15-7-4-14(5-8-15)17(22)9-6-13-3-1-12(11-16(13)20)2-10-18(23)21-24/h1-11,24H,(H,21,23)/b9-6+,10-2+. The number of allylic oxidation sites excluding steroid dienone is 1. The fourth-order valence-electron chi connectivity index (χ4n) is 1.87. The molecule has 0 saturated carbocycles. The van der Waals surface area contributed by atoms with E-state index in [0.29, 0.717) is 11.1 Å². The Kier molecular flexibility index (Phi) is 5.70. The van der Waals surface area contributed by atoms with Crippen molar-refractivity contribution >= 4 is 23.8 Å². The minimum atomic E-state index is -0.732. The number of amides is 1. The van der Waals surface area contributed by atoms with Gasteiger partial charge in [0, 0.05) is 17.2 Å². The molecule has 0 fully saturated rings. The Morgan fingerprint density at radius 3 is 2.29 bits per heavy atom. The molecule has 1 amide bonds. The summed E-state index contributed by atoms with van der Waals surface area (Å²) < 4.78 is 26.8. The summed E-state index contributed by atoms with van der Waals surface area (Å²) in [4.78, 5) is 22.8. The van der Waals surface area contributed by atoms with Crippen LogP contribution in [0.15, 0.2) is 54.6 Å². The van der Waals surface area contributed by atoms with Gasteiger partial charge in [0.15, 0.2) is 5.78 Å². The highest BCUT2D eigenvalue weighted by Gasteiger charge is 2.04. The van der Waals surface area contributed by atoms with Crippen LogP contribution in [0.2, 0.25) is 0 Å². The van der Waals surface area contributed by atoms with Crippen LogP contribution in [0.5, 0.6) is 0 Å². The van der Waals surface area contributed by atoms with Crippen molar-refractivity contribution in [3.8, 4) is 0 Å². The number of carbonyl (C=O) groups is 2. The molecule has 122 valence electrons. The van der Waals surface area contributed by atoms with E-state index < -0.39 is 17.5 Å². The number of halogens is 2. The molecule has 2 N–H and O–H groups in total. The van der Waals surface area contributed by atoms with Crippen molar-refractivity contribution in [2.24, 2.45) is 0 Å². The van der Waals surface area contributed by atoms with Crippen molar-refractivity contribution in [2.45, 2.75) is 0 Å². The van der Waals surface area contributed by atoms with Gasteiger partial charge >= 0.3 is 0 Å². The fourth-order valence-corrected chi connectivity index (χ4v) is 1.87. The molecule has 0 saturated heterocycles. The summed E-state index contributed by atoms with van der Waals surface area (Å²) in [7, 11) is 0. The van der Waals surface area contributed by atoms with E-state index in [-0.39, 0.29) is 11.3 Å². The van der Waals surface area contributed by atoms with Crippen molar-refractivity contribution in [3.63, 3.8) is 0 Å². The lowest BCUT2D eigenvalue weighted by molar-refractivity contribution is -0.124. The highest BCUT2D eigenvalue weighted by molar-refractivity contribution is 6.06. The SMILES string of the molecule is O=C(/C=C/c1ccc(/C=C/C(=O)c2ccc(F)cc2)c(F)c1)NO. The average molecular weight is 329 g/mol. The topological polar surface area (TPSA) is 66.4 Å². The molecular formula is C18H13F2NO3. The lowest BCUT2D eigenvalue weighted by Gasteiger charge is -2.00. The molecule has 2 aromatic carbocycles. The number of ketones is 1. The number of carbonyl (C=O) groups excluding carboxylic acids is 2. The first-order chi connectivity index (χ1) is 11.5. The number of benzene rings is 2. The van der Waals surface area contributed by atoms with Gasteiger partial charge in [0.25, 0.3) is 5.91 Å². The van der Waals surface area contributed by atoms with E-state index in [1.54, 1.807) is 6.07 Å². The molecule has 24 heavy (non-hydrogen) atoms. The molecule has 4 nitrogen and oxygen atoms in total. The quantitative estimate of drug-likeness (QED) is 0.382. The second-order valence-corrected chi connectivity index (χ2v) is 4.79. The lowest BCUT2D eigenvalue weighted by Crippen LogP contribution is -2.14. The number of hydroxylamine groups is 1. The molecule has 0 atom stereocenters. The molecule has 0 aromatic heterocycles. The molecule has 0 aliphatic rings. The first kappa shape index (κ1) is 17.2. The second kappa shape index (κ2) is 7.94. The number of rotatable bonds is 5. The van der Waals surface area contributed by atoms with Crippen LogP contribution in [-0.2, 0) is 4.79 Å². The van der Waals surface area contributed by atoms with E-state index in [1.165, 1.54) is 60.1 Å². The van der Waals surface area contributed by atoms with E-state index >= 15 is 0 Å². The number of nitrogens with one attached hydrogen (secondary N) is 1. The summed E-state index contributed by atoms with van der Waals surface area (Å²) in [6, 6.07) is 9.21. The van der Waals surface area contributed by atoms with Crippen molar-refractivity contribution in [3.05, 3.63) is 82.9 Å². The Labute approximate surface area is 136 Å². The minimum Gasteiger partial charge on any atom is -0.289 e. The Morgan fingerprint density at radius 2 is 1.67 bits per heavy atom. The first-order valence-corrected chi connectivity index (χ1v) is 6.89. The maximum Gasteiger partial charge on any atom is 0.267 e. The monoisotopic (exact) mass is 329 g/mol. The minimum absolute atomic E-state index is 0.189. The van der Waals surface area contributed by atoms with Gasteiger partial charge in [0.2, 0.25) is 0 Å². The molecular weight excluding hydrogens is 316 g/mol. The summed E-state index contributed by atoms with van der Waals surface area (Å²) in [5.41, 5.74) is 2.32.